The van der Waals surface area contributed by atoms with Crippen LogP contribution in [-0.4, -0.2) is 34.6 Å². The summed E-state index contributed by atoms with van der Waals surface area (Å²) in [4.78, 5) is 0. The topological polar surface area (TPSA) is 107 Å². The Kier molecular flexibility index (Phi) is 7.27. The van der Waals surface area contributed by atoms with Crippen LogP contribution in [0.25, 0.3) is 0 Å². The lowest BCUT2D eigenvalue weighted by Gasteiger charge is -1.93. The molecular weight excluding hydrogens is 248 g/mol. The highest BCUT2D eigenvalue weighted by molar-refractivity contribution is 7.80. The molecule has 0 aliphatic carbocycles. The van der Waals surface area contributed by atoms with Crippen LogP contribution in [0.15, 0.2) is 0 Å². The van der Waals surface area contributed by atoms with E-state index in [0.717, 1.165) is 0 Å². The quantitative estimate of drug-likeness (QED) is 0.276. The predicted molar refractivity (Wildman–Crippen MR) is 50.8 cm³/mol. The molecule has 15 heavy (non-hydrogen) atoms. The Morgan fingerprint density at radius 3 is 2.13 bits per heavy atom. The van der Waals surface area contributed by atoms with E-state index in [-0.39, 0.29) is 26.1 Å². The van der Waals surface area contributed by atoms with Crippen molar-refractivity contribution in [3.63, 3.8) is 0 Å². The smallest absolute Gasteiger partial charge is 0.271 e. The highest BCUT2D eigenvalue weighted by Crippen LogP contribution is 1.88. The van der Waals surface area contributed by atoms with Crippen LogP contribution >= 0.6 is 0 Å². The summed E-state index contributed by atoms with van der Waals surface area (Å²) in [5, 5.41) is 0. The first kappa shape index (κ1) is 14.3. The van der Waals surface area contributed by atoms with E-state index in [9.17, 15) is 16.8 Å². The Labute approximate surface area is 89.5 Å². The molecule has 0 aliphatic rings. The molecule has 0 atom stereocenters. The summed E-state index contributed by atoms with van der Waals surface area (Å²) in [7, 11) is -7.25. The van der Waals surface area contributed by atoms with Crippen molar-refractivity contribution in [3.05, 3.63) is 0 Å². The van der Waals surface area contributed by atoms with Gasteiger partial charge in [0.05, 0.1) is 13.2 Å². The molecule has 0 saturated carbocycles. The van der Waals surface area contributed by atoms with E-state index in [0.29, 0.717) is 0 Å². The van der Waals surface area contributed by atoms with E-state index in [2.05, 4.69) is 20.2 Å². The summed E-state index contributed by atoms with van der Waals surface area (Å²) < 4.78 is 56.2. The fraction of sp³-hybridized carbons (Fsp3) is 0.667. The van der Waals surface area contributed by atoms with Gasteiger partial charge in [0.1, 0.15) is 0 Å². The van der Waals surface area contributed by atoms with E-state index in [1.807, 2.05) is 0 Å². The number of thiol groups is 1. The van der Waals surface area contributed by atoms with Gasteiger partial charge < -0.3 is 0 Å². The number of hydrogen-bond acceptors (Lipinski definition) is 6. The Morgan fingerprint density at radius 1 is 1.13 bits per heavy atom. The lowest BCUT2D eigenvalue weighted by Crippen LogP contribution is -2.04. The Bertz CT molecular complexity index is 389. The van der Waals surface area contributed by atoms with Gasteiger partial charge in [-0.1, -0.05) is 0 Å². The van der Waals surface area contributed by atoms with Gasteiger partial charge in [-0.2, -0.15) is 8.42 Å². The average molecular weight is 258 g/mol. The van der Waals surface area contributed by atoms with Gasteiger partial charge in [-0.15, -0.1) is 11.8 Å². The third kappa shape index (κ3) is 13.3. The fourth-order valence-electron chi connectivity index (χ4n) is 0.546. The van der Waals surface area contributed by atoms with Crippen LogP contribution in [0.4, 0.5) is 0 Å². The second kappa shape index (κ2) is 7.61. The van der Waals surface area contributed by atoms with Crippen LogP contribution in [0.1, 0.15) is 12.8 Å². The van der Waals surface area contributed by atoms with E-state index in [4.69, 9.17) is 4.55 Å². The predicted octanol–water partition coefficient (Wildman–Crippen LogP) is -0.868. The third-order valence-electron chi connectivity index (χ3n) is 1.01. The fourth-order valence-corrected chi connectivity index (χ4v) is 1.08. The molecule has 1 N–H and O–H groups in total. The van der Waals surface area contributed by atoms with Gasteiger partial charge in [0.15, 0.2) is 0 Å². The van der Waals surface area contributed by atoms with E-state index in [1.54, 1.807) is 0 Å². The second-order valence-corrected chi connectivity index (χ2v) is 3.96. The minimum atomic E-state index is -4.41. The summed E-state index contributed by atoms with van der Waals surface area (Å²) in [6.45, 7) is -0.284. The van der Waals surface area contributed by atoms with Crippen molar-refractivity contribution in [1.29, 1.82) is 0 Å². The van der Waals surface area contributed by atoms with Crippen molar-refractivity contribution in [1.82, 2.24) is 0 Å². The Morgan fingerprint density at radius 2 is 1.67 bits per heavy atom. The highest BCUT2D eigenvalue weighted by Gasteiger charge is 2.01. The molecule has 0 saturated heterocycles. The van der Waals surface area contributed by atoms with Crippen molar-refractivity contribution in [2.24, 2.45) is 0 Å². The summed E-state index contributed by atoms with van der Waals surface area (Å²) in [6.07, 6.45) is 0.332. The molecule has 0 aromatic rings. The minimum absolute atomic E-state index is 0.0368. The summed E-state index contributed by atoms with van der Waals surface area (Å²) in [5.74, 6) is 5.03. The average Bonchev–Trinajstić information content (AvgIpc) is 2.07. The lowest BCUT2D eigenvalue weighted by atomic mass is 10.4. The molecule has 88 valence electrons. The van der Waals surface area contributed by atoms with Gasteiger partial charge in [-0.3, -0.25) is 8.74 Å². The van der Waals surface area contributed by atoms with Crippen LogP contribution < -0.4 is 0 Å². The standard InChI is InChI=1S/C6H10O7S2/c7-14(8)12-5-3-1-2-4-6-13-15(9,10)11/h14H,3-6H2,(H,9,10,11). The zero-order chi connectivity index (χ0) is 11.7. The maximum atomic E-state index is 10.0. The van der Waals surface area contributed by atoms with Crippen molar-refractivity contribution in [2.45, 2.75) is 12.8 Å². The van der Waals surface area contributed by atoms with Crippen molar-refractivity contribution in [3.8, 4) is 11.8 Å². The van der Waals surface area contributed by atoms with Crippen molar-refractivity contribution >= 4 is 21.4 Å². The second-order valence-electron chi connectivity index (χ2n) is 2.16. The zero-order valence-electron chi connectivity index (χ0n) is 7.58. The Balaban J connectivity index is 3.48. The maximum Gasteiger partial charge on any atom is 0.397 e. The summed E-state index contributed by atoms with van der Waals surface area (Å²) >= 11 is 0. The van der Waals surface area contributed by atoms with Crippen molar-refractivity contribution in [2.75, 3.05) is 13.2 Å². The van der Waals surface area contributed by atoms with Crippen LogP contribution in [0.5, 0.6) is 0 Å². The first-order chi connectivity index (χ1) is 6.92. The monoisotopic (exact) mass is 258 g/mol. The third-order valence-corrected chi connectivity index (χ3v) is 1.87. The van der Waals surface area contributed by atoms with Crippen LogP contribution in [0.3, 0.4) is 0 Å². The van der Waals surface area contributed by atoms with Crippen molar-refractivity contribution < 1.29 is 29.8 Å². The first-order valence-electron chi connectivity index (χ1n) is 3.76. The SMILES string of the molecule is O=[SH](=O)OCCC#CCCOS(=O)(=O)O. The molecule has 0 heterocycles. The summed E-state index contributed by atoms with van der Waals surface area (Å²) in [5.41, 5.74) is 0. The Hall–Kier alpha value is -0.660. The maximum absolute atomic E-state index is 10.0. The molecule has 0 aromatic carbocycles. The van der Waals surface area contributed by atoms with Crippen LogP contribution in [0.2, 0.25) is 0 Å². The number of rotatable bonds is 6. The normalized spacial score (nSPS) is 11.1. The molecule has 9 heteroatoms. The largest absolute Gasteiger partial charge is 0.397 e. The molecule has 0 amide bonds. The first-order valence-corrected chi connectivity index (χ1v) is 6.23. The molecule has 0 aromatic heterocycles. The van der Waals surface area contributed by atoms with E-state index < -0.39 is 21.4 Å². The molecule has 0 bridgehead atoms. The highest BCUT2D eigenvalue weighted by atomic mass is 32.3. The summed E-state index contributed by atoms with van der Waals surface area (Å²) in [6, 6.07) is 0. The van der Waals surface area contributed by atoms with Crippen LogP contribution in [0, 0.1) is 11.8 Å². The zero-order valence-corrected chi connectivity index (χ0v) is 9.29. The van der Waals surface area contributed by atoms with Crippen LogP contribution in [-0.2, 0) is 29.8 Å². The van der Waals surface area contributed by atoms with E-state index in [1.165, 1.54) is 0 Å². The molecule has 7 nitrogen and oxygen atoms in total. The van der Waals surface area contributed by atoms with Gasteiger partial charge in [0.2, 0.25) is 0 Å². The minimum Gasteiger partial charge on any atom is -0.271 e. The molecule has 0 rings (SSSR count). The van der Waals surface area contributed by atoms with Gasteiger partial charge in [-0.25, -0.2) is 12.6 Å². The molecular formula is C6H10O7S2. The lowest BCUT2D eigenvalue weighted by molar-refractivity contribution is 0.275. The molecule has 0 unspecified atom stereocenters. The van der Waals surface area contributed by atoms with E-state index >= 15 is 0 Å². The van der Waals surface area contributed by atoms with Gasteiger partial charge in [0, 0.05) is 12.8 Å². The molecule has 0 aliphatic heterocycles. The van der Waals surface area contributed by atoms with Gasteiger partial charge in [-0.05, 0) is 0 Å². The van der Waals surface area contributed by atoms with Gasteiger partial charge in [0.25, 0.3) is 11.0 Å². The molecule has 0 radical (unpaired) electrons. The van der Waals surface area contributed by atoms with Gasteiger partial charge >= 0.3 is 10.4 Å². The molecule has 0 spiro atoms. The molecule has 0 fully saturated rings. The number of hydrogen-bond donors (Lipinski definition) is 2.